The molecule has 0 aromatic heterocycles. The zero-order chi connectivity index (χ0) is 23.5. The van der Waals surface area contributed by atoms with E-state index in [0.29, 0.717) is 22.6 Å². The third-order valence-electron chi connectivity index (χ3n) is 4.80. The standard InChI is InChI=1S/C26H25NO6/c1-31-21-14-12-19(13-15-21)23(27-25(29)18-32-22-10-6-3-7-11-22)16-26(30)33-17-24(28)20-8-4-2-5-9-20/h2-15,23H,16-18H2,1H3,(H,27,29)/t23-/m1/s1. The number of para-hydroxylation sites is 1. The maximum absolute atomic E-state index is 12.5. The predicted octanol–water partition coefficient (Wildman–Crippen LogP) is 3.75. The van der Waals surface area contributed by atoms with Crippen molar-refractivity contribution in [2.24, 2.45) is 0 Å². The second-order valence-corrected chi connectivity index (χ2v) is 7.15. The van der Waals surface area contributed by atoms with E-state index < -0.39 is 17.9 Å². The molecule has 0 bridgehead atoms. The van der Waals surface area contributed by atoms with Crippen molar-refractivity contribution in [3.8, 4) is 11.5 Å². The maximum Gasteiger partial charge on any atom is 0.308 e. The minimum absolute atomic E-state index is 0.147. The summed E-state index contributed by atoms with van der Waals surface area (Å²) in [6.45, 7) is -0.582. The topological polar surface area (TPSA) is 90.9 Å². The molecule has 0 heterocycles. The quantitative estimate of drug-likeness (QED) is 0.356. The van der Waals surface area contributed by atoms with Gasteiger partial charge in [-0.2, -0.15) is 0 Å². The van der Waals surface area contributed by atoms with E-state index in [1.54, 1.807) is 86.0 Å². The van der Waals surface area contributed by atoms with Gasteiger partial charge in [0.05, 0.1) is 19.6 Å². The number of amides is 1. The summed E-state index contributed by atoms with van der Waals surface area (Å²) in [6, 6.07) is 23.9. The van der Waals surface area contributed by atoms with Gasteiger partial charge in [0.25, 0.3) is 5.91 Å². The van der Waals surface area contributed by atoms with Gasteiger partial charge in [0.2, 0.25) is 0 Å². The highest BCUT2D eigenvalue weighted by Crippen LogP contribution is 2.21. The van der Waals surface area contributed by atoms with E-state index in [1.165, 1.54) is 0 Å². The Morgan fingerprint density at radius 3 is 2.06 bits per heavy atom. The first-order chi connectivity index (χ1) is 16.0. The summed E-state index contributed by atoms with van der Waals surface area (Å²) in [5, 5.41) is 2.80. The van der Waals surface area contributed by atoms with E-state index in [0.717, 1.165) is 0 Å². The fourth-order valence-electron chi connectivity index (χ4n) is 3.07. The predicted molar refractivity (Wildman–Crippen MR) is 122 cm³/mol. The number of methoxy groups -OCH3 is 1. The number of ketones is 1. The number of carbonyl (C=O) groups excluding carboxylic acids is 3. The molecule has 0 saturated heterocycles. The van der Waals surface area contributed by atoms with Gasteiger partial charge < -0.3 is 19.5 Å². The average molecular weight is 447 g/mol. The number of hydrogen-bond donors (Lipinski definition) is 1. The van der Waals surface area contributed by atoms with Crippen LogP contribution in [0.2, 0.25) is 0 Å². The van der Waals surface area contributed by atoms with Crippen molar-refractivity contribution in [3.05, 3.63) is 96.1 Å². The lowest BCUT2D eigenvalue weighted by molar-refractivity contribution is -0.143. The minimum Gasteiger partial charge on any atom is -0.497 e. The van der Waals surface area contributed by atoms with Crippen LogP contribution in [0.3, 0.4) is 0 Å². The van der Waals surface area contributed by atoms with E-state index >= 15 is 0 Å². The molecule has 0 fully saturated rings. The number of rotatable bonds is 11. The van der Waals surface area contributed by atoms with E-state index in [2.05, 4.69) is 5.32 Å². The minimum atomic E-state index is -0.665. The third-order valence-corrected chi connectivity index (χ3v) is 4.80. The molecule has 3 aromatic rings. The second kappa shape index (κ2) is 12.0. The zero-order valence-corrected chi connectivity index (χ0v) is 18.2. The molecule has 7 nitrogen and oxygen atoms in total. The monoisotopic (exact) mass is 447 g/mol. The van der Waals surface area contributed by atoms with Crippen LogP contribution in [0.25, 0.3) is 0 Å². The molecule has 0 aliphatic heterocycles. The van der Waals surface area contributed by atoms with Gasteiger partial charge in [0.15, 0.2) is 19.0 Å². The van der Waals surface area contributed by atoms with Crippen LogP contribution in [0.4, 0.5) is 0 Å². The first-order valence-corrected chi connectivity index (χ1v) is 10.4. The molecule has 0 radical (unpaired) electrons. The molecule has 0 unspecified atom stereocenters. The first kappa shape index (κ1) is 23.5. The molecule has 0 spiro atoms. The van der Waals surface area contributed by atoms with Gasteiger partial charge in [0, 0.05) is 5.56 Å². The van der Waals surface area contributed by atoms with E-state index in [-0.39, 0.29) is 25.4 Å². The summed E-state index contributed by atoms with van der Waals surface area (Å²) in [5.74, 6) is -0.0952. The third kappa shape index (κ3) is 7.50. The fourth-order valence-corrected chi connectivity index (χ4v) is 3.07. The Morgan fingerprint density at radius 2 is 1.42 bits per heavy atom. The van der Waals surface area contributed by atoms with Gasteiger partial charge in [-0.1, -0.05) is 60.7 Å². The first-order valence-electron chi connectivity index (χ1n) is 10.4. The van der Waals surface area contributed by atoms with Crippen molar-refractivity contribution < 1.29 is 28.6 Å². The van der Waals surface area contributed by atoms with Crippen molar-refractivity contribution in [2.75, 3.05) is 20.3 Å². The Kier molecular flexibility index (Phi) is 8.59. The van der Waals surface area contributed by atoms with Crippen molar-refractivity contribution in [1.29, 1.82) is 0 Å². The molecule has 1 N–H and O–H groups in total. The average Bonchev–Trinajstić information content (AvgIpc) is 2.87. The molecule has 3 rings (SSSR count). The van der Waals surface area contributed by atoms with Crippen LogP contribution in [0.15, 0.2) is 84.9 Å². The molecular weight excluding hydrogens is 422 g/mol. The molecule has 1 atom stereocenters. The summed E-state index contributed by atoms with van der Waals surface area (Å²) in [6.07, 6.45) is -0.147. The molecule has 33 heavy (non-hydrogen) atoms. The number of benzene rings is 3. The van der Waals surface area contributed by atoms with Crippen molar-refractivity contribution in [2.45, 2.75) is 12.5 Å². The summed E-state index contributed by atoms with van der Waals surface area (Å²) in [7, 11) is 1.55. The van der Waals surface area contributed by atoms with Gasteiger partial charge in [-0.3, -0.25) is 14.4 Å². The van der Waals surface area contributed by atoms with Gasteiger partial charge in [0.1, 0.15) is 11.5 Å². The molecule has 0 aliphatic rings. The zero-order valence-electron chi connectivity index (χ0n) is 18.2. The number of carbonyl (C=O) groups is 3. The van der Waals surface area contributed by atoms with Gasteiger partial charge in [-0.05, 0) is 29.8 Å². The maximum atomic E-state index is 12.5. The molecule has 0 saturated carbocycles. The largest absolute Gasteiger partial charge is 0.497 e. The molecule has 170 valence electrons. The normalized spacial score (nSPS) is 11.2. The Labute approximate surface area is 192 Å². The molecule has 0 aliphatic carbocycles. The molecule has 1 amide bonds. The number of nitrogens with one attached hydrogen (secondary N) is 1. The smallest absolute Gasteiger partial charge is 0.308 e. The van der Waals surface area contributed by atoms with Gasteiger partial charge in [-0.25, -0.2) is 0 Å². The van der Waals surface area contributed by atoms with Crippen LogP contribution >= 0.6 is 0 Å². The molecule has 7 heteroatoms. The Morgan fingerprint density at radius 1 is 0.788 bits per heavy atom. The van der Waals surface area contributed by atoms with Crippen LogP contribution in [0, 0.1) is 0 Å². The number of Topliss-reactive ketones (excluding diaryl/α,β-unsaturated/α-hetero) is 1. The molecule has 3 aromatic carbocycles. The highest BCUT2D eigenvalue weighted by Gasteiger charge is 2.21. The Bertz CT molecular complexity index is 1050. The van der Waals surface area contributed by atoms with E-state index in [9.17, 15) is 14.4 Å². The van der Waals surface area contributed by atoms with Crippen LogP contribution < -0.4 is 14.8 Å². The fraction of sp³-hybridized carbons (Fsp3) is 0.192. The SMILES string of the molecule is COc1ccc([C@@H](CC(=O)OCC(=O)c2ccccc2)NC(=O)COc2ccccc2)cc1. The highest BCUT2D eigenvalue weighted by molar-refractivity contribution is 5.97. The summed E-state index contributed by atoms with van der Waals surface area (Å²) < 4.78 is 15.8. The highest BCUT2D eigenvalue weighted by atomic mass is 16.5. The summed E-state index contributed by atoms with van der Waals surface area (Å²) >= 11 is 0. The van der Waals surface area contributed by atoms with Gasteiger partial charge >= 0.3 is 5.97 Å². The molecular formula is C26H25NO6. The summed E-state index contributed by atoms with van der Waals surface area (Å²) in [4.78, 5) is 37.1. The lowest BCUT2D eigenvalue weighted by Gasteiger charge is -2.19. The van der Waals surface area contributed by atoms with Crippen molar-refractivity contribution in [1.82, 2.24) is 5.32 Å². The summed E-state index contributed by atoms with van der Waals surface area (Å²) in [5.41, 5.74) is 1.15. The van der Waals surface area contributed by atoms with E-state index in [1.807, 2.05) is 6.07 Å². The number of hydrogen-bond acceptors (Lipinski definition) is 6. The van der Waals surface area contributed by atoms with Gasteiger partial charge in [-0.15, -0.1) is 0 Å². The lowest BCUT2D eigenvalue weighted by Crippen LogP contribution is -2.34. The Balaban J connectivity index is 1.61. The number of esters is 1. The Hall–Kier alpha value is -4.13. The van der Waals surface area contributed by atoms with Crippen molar-refractivity contribution in [3.63, 3.8) is 0 Å². The van der Waals surface area contributed by atoms with Crippen LogP contribution in [-0.4, -0.2) is 38.0 Å². The van der Waals surface area contributed by atoms with Crippen LogP contribution in [0.1, 0.15) is 28.4 Å². The van der Waals surface area contributed by atoms with E-state index in [4.69, 9.17) is 14.2 Å². The lowest BCUT2D eigenvalue weighted by atomic mass is 10.0. The van der Waals surface area contributed by atoms with Crippen LogP contribution in [-0.2, 0) is 14.3 Å². The van der Waals surface area contributed by atoms with Crippen LogP contribution in [0.5, 0.6) is 11.5 Å². The second-order valence-electron chi connectivity index (χ2n) is 7.15. The van der Waals surface area contributed by atoms with Crippen molar-refractivity contribution >= 4 is 17.7 Å². The number of ether oxygens (including phenoxy) is 3.